The number of amides is 1. The maximum absolute atomic E-state index is 11.9. The molecule has 0 saturated heterocycles. The lowest BCUT2D eigenvalue weighted by Crippen LogP contribution is -2.37. The lowest BCUT2D eigenvalue weighted by molar-refractivity contribution is -0.129. The molecule has 1 aromatic carbocycles. The van der Waals surface area contributed by atoms with E-state index in [-0.39, 0.29) is 12.0 Å². The Balaban J connectivity index is 2.76. The SMILES string of the molecule is COc1ccccc1C(CNC(=O)C(C)(C)C)OC. The van der Waals surface area contributed by atoms with E-state index in [1.54, 1.807) is 14.2 Å². The van der Waals surface area contributed by atoms with Gasteiger partial charge in [-0.15, -0.1) is 0 Å². The van der Waals surface area contributed by atoms with E-state index in [4.69, 9.17) is 9.47 Å². The van der Waals surface area contributed by atoms with E-state index < -0.39 is 5.41 Å². The third-order valence-corrected chi connectivity index (χ3v) is 2.90. The molecule has 106 valence electrons. The highest BCUT2D eigenvalue weighted by Gasteiger charge is 2.23. The maximum Gasteiger partial charge on any atom is 0.225 e. The molecule has 1 amide bonds. The highest BCUT2D eigenvalue weighted by molar-refractivity contribution is 5.81. The number of carbonyl (C=O) groups excluding carboxylic acids is 1. The van der Waals surface area contributed by atoms with Crippen LogP contribution in [0.2, 0.25) is 0 Å². The van der Waals surface area contributed by atoms with Crippen molar-refractivity contribution in [3.05, 3.63) is 29.8 Å². The standard InChI is InChI=1S/C15H23NO3/c1-15(2,3)14(17)16-10-13(19-5)11-8-6-7-9-12(11)18-4/h6-9,13H,10H2,1-5H3,(H,16,17). The average molecular weight is 265 g/mol. The summed E-state index contributed by atoms with van der Waals surface area (Å²) < 4.78 is 10.8. The minimum Gasteiger partial charge on any atom is -0.496 e. The van der Waals surface area contributed by atoms with Gasteiger partial charge in [0, 0.05) is 24.6 Å². The fourth-order valence-electron chi connectivity index (χ4n) is 1.70. The predicted octanol–water partition coefficient (Wildman–Crippen LogP) is 2.55. The Morgan fingerprint density at radius 3 is 2.42 bits per heavy atom. The number of nitrogens with one attached hydrogen (secondary N) is 1. The van der Waals surface area contributed by atoms with E-state index in [2.05, 4.69) is 5.32 Å². The first-order valence-electron chi connectivity index (χ1n) is 6.34. The van der Waals surface area contributed by atoms with Crippen LogP contribution in [-0.4, -0.2) is 26.7 Å². The summed E-state index contributed by atoms with van der Waals surface area (Å²) in [4.78, 5) is 11.9. The molecule has 1 aromatic rings. The molecule has 1 unspecified atom stereocenters. The van der Waals surface area contributed by atoms with Crippen LogP contribution >= 0.6 is 0 Å². The summed E-state index contributed by atoms with van der Waals surface area (Å²) in [5.41, 5.74) is 0.528. The van der Waals surface area contributed by atoms with Crippen LogP contribution < -0.4 is 10.1 Å². The Morgan fingerprint density at radius 2 is 1.89 bits per heavy atom. The molecule has 0 saturated carbocycles. The van der Waals surface area contributed by atoms with Gasteiger partial charge in [-0.3, -0.25) is 4.79 Å². The summed E-state index contributed by atoms with van der Waals surface area (Å²) in [6, 6.07) is 7.65. The number of ether oxygens (including phenoxy) is 2. The third kappa shape index (κ3) is 4.24. The number of benzene rings is 1. The van der Waals surface area contributed by atoms with Gasteiger partial charge in [-0.2, -0.15) is 0 Å². The zero-order valence-corrected chi connectivity index (χ0v) is 12.3. The van der Waals surface area contributed by atoms with Crippen LogP contribution in [0.3, 0.4) is 0 Å². The maximum atomic E-state index is 11.9. The molecule has 0 aliphatic heterocycles. The zero-order valence-electron chi connectivity index (χ0n) is 12.3. The van der Waals surface area contributed by atoms with Crippen LogP contribution in [0.15, 0.2) is 24.3 Å². The van der Waals surface area contributed by atoms with Gasteiger partial charge in [-0.05, 0) is 6.07 Å². The molecule has 0 heterocycles. The Morgan fingerprint density at radius 1 is 1.26 bits per heavy atom. The van der Waals surface area contributed by atoms with E-state index in [0.717, 1.165) is 11.3 Å². The fourth-order valence-corrected chi connectivity index (χ4v) is 1.70. The van der Waals surface area contributed by atoms with Crippen LogP contribution in [0.5, 0.6) is 5.75 Å². The van der Waals surface area contributed by atoms with Crippen molar-refractivity contribution in [1.82, 2.24) is 5.32 Å². The topological polar surface area (TPSA) is 47.6 Å². The molecule has 0 radical (unpaired) electrons. The molecule has 1 atom stereocenters. The van der Waals surface area contributed by atoms with Gasteiger partial charge in [-0.1, -0.05) is 39.0 Å². The molecular weight excluding hydrogens is 242 g/mol. The van der Waals surface area contributed by atoms with Crippen LogP contribution in [-0.2, 0) is 9.53 Å². The minimum atomic E-state index is -0.404. The van der Waals surface area contributed by atoms with Gasteiger partial charge < -0.3 is 14.8 Å². The monoisotopic (exact) mass is 265 g/mol. The summed E-state index contributed by atoms with van der Waals surface area (Å²) in [5, 5.41) is 2.90. The van der Waals surface area contributed by atoms with Gasteiger partial charge in [0.2, 0.25) is 5.91 Å². The molecule has 0 aliphatic carbocycles. The zero-order chi connectivity index (χ0) is 14.5. The predicted molar refractivity (Wildman–Crippen MR) is 75.2 cm³/mol. The van der Waals surface area contributed by atoms with E-state index in [9.17, 15) is 4.79 Å². The van der Waals surface area contributed by atoms with Crippen molar-refractivity contribution >= 4 is 5.91 Å². The normalized spacial score (nSPS) is 12.9. The van der Waals surface area contributed by atoms with E-state index in [0.29, 0.717) is 6.54 Å². The Labute approximate surface area is 115 Å². The van der Waals surface area contributed by atoms with Crippen molar-refractivity contribution in [2.75, 3.05) is 20.8 Å². The van der Waals surface area contributed by atoms with E-state index >= 15 is 0 Å². The number of hydrogen-bond acceptors (Lipinski definition) is 3. The quantitative estimate of drug-likeness (QED) is 0.890. The largest absolute Gasteiger partial charge is 0.496 e. The Kier molecular flexibility index (Phi) is 5.36. The Bertz CT molecular complexity index is 424. The molecule has 4 nitrogen and oxygen atoms in total. The van der Waals surface area contributed by atoms with Crippen molar-refractivity contribution in [3.8, 4) is 5.75 Å². The van der Waals surface area contributed by atoms with Gasteiger partial charge in [0.15, 0.2) is 0 Å². The number of para-hydroxylation sites is 1. The summed E-state index contributed by atoms with van der Waals surface area (Å²) in [5.74, 6) is 0.767. The second-order valence-electron chi connectivity index (χ2n) is 5.43. The van der Waals surface area contributed by atoms with Gasteiger partial charge in [-0.25, -0.2) is 0 Å². The highest BCUT2D eigenvalue weighted by Crippen LogP contribution is 2.26. The molecule has 19 heavy (non-hydrogen) atoms. The van der Waals surface area contributed by atoms with Gasteiger partial charge in [0.05, 0.1) is 7.11 Å². The minimum absolute atomic E-state index is 0.00412. The van der Waals surface area contributed by atoms with Gasteiger partial charge in [0.25, 0.3) is 0 Å². The number of methoxy groups -OCH3 is 2. The number of rotatable bonds is 5. The summed E-state index contributed by atoms with van der Waals surface area (Å²) in [6.07, 6.45) is -0.220. The average Bonchev–Trinajstić information content (AvgIpc) is 2.38. The molecular formula is C15H23NO3. The Hall–Kier alpha value is -1.55. The highest BCUT2D eigenvalue weighted by atomic mass is 16.5. The molecule has 0 fully saturated rings. The summed E-state index contributed by atoms with van der Waals surface area (Å²) in [6.45, 7) is 6.07. The van der Waals surface area contributed by atoms with Gasteiger partial charge in [0.1, 0.15) is 11.9 Å². The first kappa shape index (κ1) is 15.5. The molecule has 4 heteroatoms. The van der Waals surface area contributed by atoms with E-state index in [1.807, 2.05) is 45.0 Å². The molecule has 0 spiro atoms. The molecule has 0 bridgehead atoms. The van der Waals surface area contributed by atoms with Crippen molar-refractivity contribution in [1.29, 1.82) is 0 Å². The molecule has 1 N–H and O–H groups in total. The number of hydrogen-bond donors (Lipinski definition) is 1. The van der Waals surface area contributed by atoms with Gasteiger partial charge >= 0.3 is 0 Å². The first-order chi connectivity index (χ1) is 8.90. The van der Waals surface area contributed by atoms with Crippen molar-refractivity contribution in [3.63, 3.8) is 0 Å². The van der Waals surface area contributed by atoms with Crippen LogP contribution in [0, 0.1) is 5.41 Å². The van der Waals surface area contributed by atoms with E-state index in [1.165, 1.54) is 0 Å². The summed E-state index contributed by atoms with van der Waals surface area (Å²) in [7, 11) is 3.25. The summed E-state index contributed by atoms with van der Waals surface area (Å²) >= 11 is 0. The van der Waals surface area contributed by atoms with Crippen molar-refractivity contribution in [2.45, 2.75) is 26.9 Å². The van der Waals surface area contributed by atoms with Crippen LogP contribution in [0.4, 0.5) is 0 Å². The van der Waals surface area contributed by atoms with Crippen LogP contribution in [0.1, 0.15) is 32.4 Å². The number of carbonyl (C=O) groups is 1. The van der Waals surface area contributed by atoms with Crippen molar-refractivity contribution in [2.24, 2.45) is 5.41 Å². The third-order valence-electron chi connectivity index (χ3n) is 2.90. The molecule has 0 aromatic heterocycles. The second-order valence-corrected chi connectivity index (χ2v) is 5.43. The smallest absolute Gasteiger partial charge is 0.225 e. The lowest BCUT2D eigenvalue weighted by Gasteiger charge is -2.22. The van der Waals surface area contributed by atoms with Crippen molar-refractivity contribution < 1.29 is 14.3 Å². The lowest BCUT2D eigenvalue weighted by atomic mass is 9.95. The fraction of sp³-hybridized carbons (Fsp3) is 0.533. The molecule has 1 rings (SSSR count). The first-order valence-corrected chi connectivity index (χ1v) is 6.34. The second kappa shape index (κ2) is 6.57. The van der Waals surface area contributed by atoms with Crippen LogP contribution in [0.25, 0.3) is 0 Å². The molecule has 0 aliphatic rings.